The van der Waals surface area contributed by atoms with Gasteiger partial charge in [0, 0.05) is 7.97 Å². The summed E-state index contributed by atoms with van der Waals surface area (Å²) >= 11 is 0. The molecule has 0 rings (SSSR count). The summed E-state index contributed by atoms with van der Waals surface area (Å²) in [6, 6.07) is 0. The van der Waals surface area contributed by atoms with Gasteiger partial charge in [-0.1, -0.05) is 69.8 Å². The molecule has 0 fully saturated rings. The Bertz CT molecular complexity index is 333. The van der Waals surface area contributed by atoms with Crippen LogP contribution < -0.4 is 5.32 Å². The quantitative estimate of drug-likeness (QED) is 0.375. The highest BCUT2D eigenvalue weighted by Gasteiger charge is 2.14. The molecule has 0 saturated carbocycles. The molecule has 3 heteroatoms. The second-order valence-corrected chi connectivity index (χ2v) is 6.65. The second-order valence-electron chi connectivity index (χ2n) is 6.65. The fourth-order valence-corrected chi connectivity index (χ4v) is 2.00. The van der Waals surface area contributed by atoms with E-state index in [9.17, 15) is 4.79 Å². The van der Waals surface area contributed by atoms with E-state index in [1.54, 1.807) is 0 Å². The van der Waals surface area contributed by atoms with E-state index in [-0.39, 0.29) is 7.52 Å². The van der Waals surface area contributed by atoms with Crippen LogP contribution in [-0.4, -0.2) is 18.2 Å². The number of hydrogen-bond donors (Lipinski definition) is 1. The summed E-state index contributed by atoms with van der Waals surface area (Å²) in [6.45, 7) is 8.32. The lowest BCUT2D eigenvalue weighted by molar-refractivity contribution is 0.0534. The Balaban J connectivity index is 0. The van der Waals surface area contributed by atoms with Crippen LogP contribution in [0.15, 0.2) is 24.3 Å². The zero-order valence-corrected chi connectivity index (χ0v) is 15.0. The third-order valence-corrected chi connectivity index (χ3v) is 3.12. The van der Waals surface area contributed by atoms with Crippen molar-refractivity contribution in [1.82, 2.24) is 5.32 Å². The van der Waals surface area contributed by atoms with Crippen molar-refractivity contribution in [3.8, 4) is 0 Å². The van der Waals surface area contributed by atoms with Crippen molar-refractivity contribution < 1.29 is 11.0 Å². The molecule has 0 unspecified atom stereocenters. The van der Waals surface area contributed by atoms with Gasteiger partial charge in [0.15, 0.2) is 0 Å². The number of hydrogen-bond acceptors (Lipinski definition) is 2. The lowest BCUT2D eigenvalue weighted by atomic mass is 10.1. The average Bonchev–Trinajstić information content (AvgIpc) is 2.42. The number of amides is 1. The number of alkyl carbamates (subject to hydrolysis) is 1. The summed E-state index contributed by atoms with van der Waals surface area (Å²) in [5.74, 6) is 0. The maximum atomic E-state index is 11.4. The SMILES string of the molecule is CCCCCCCCC/C=C/C=C/CNC(=O)OC(C)(C)C.[HH]. The number of allylic oxidation sites excluding steroid dienone is 3. The molecule has 0 aromatic carbocycles. The molecule has 3 nitrogen and oxygen atoms in total. The second kappa shape index (κ2) is 13.4. The van der Waals surface area contributed by atoms with Crippen LogP contribution in [0.5, 0.6) is 0 Å². The Morgan fingerprint density at radius 3 is 2.23 bits per heavy atom. The molecular formula is C19H37NO2. The smallest absolute Gasteiger partial charge is 0.407 e. The molecule has 0 aliphatic heterocycles. The molecule has 0 spiro atoms. The van der Waals surface area contributed by atoms with Crippen molar-refractivity contribution in [3.63, 3.8) is 0 Å². The molecule has 0 atom stereocenters. The number of nitrogens with one attached hydrogen (secondary N) is 1. The predicted octanol–water partition coefficient (Wildman–Crippen LogP) is 6.01. The molecule has 0 aliphatic carbocycles. The Morgan fingerprint density at radius 1 is 1.00 bits per heavy atom. The average molecular weight is 312 g/mol. The molecule has 0 aromatic heterocycles. The standard InChI is InChI=1S/C19H35NO2.H2/c1-5-6-7-8-9-10-11-12-13-14-15-16-17-20-18(21)22-19(2,3)4;/h13-16H,5-12,17H2,1-4H3,(H,20,21);1H/b14-13+,16-15+;. The molecule has 0 saturated heterocycles. The largest absolute Gasteiger partial charge is 0.444 e. The van der Waals surface area contributed by atoms with Crippen molar-refractivity contribution in [2.24, 2.45) is 0 Å². The van der Waals surface area contributed by atoms with Crippen molar-refractivity contribution in [2.75, 3.05) is 6.54 Å². The minimum atomic E-state index is -0.440. The summed E-state index contributed by atoms with van der Waals surface area (Å²) in [4.78, 5) is 11.4. The van der Waals surface area contributed by atoms with E-state index in [0.29, 0.717) is 6.54 Å². The van der Waals surface area contributed by atoms with Crippen LogP contribution in [-0.2, 0) is 4.74 Å². The van der Waals surface area contributed by atoms with E-state index in [4.69, 9.17) is 4.74 Å². The van der Waals surface area contributed by atoms with Crippen LogP contribution in [0.1, 0.15) is 80.5 Å². The first kappa shape index (κ1) is 20.8. The first-order chi connectivity index (χ1) is 10.5. The van der Waals surface area contributed by atoms with Crippen molar-refractivity contribution in [3.05, 3.63) is 24.3 Å². The van der Waals surface area contributed by atoms with Crippen LogP contribution >= 0.6 is 0 Å². The van der Waals surface area contributed by atoms with Crippen LogP contribution in [0.25, 0.3) is 0 Å². The summed E-state index contributed by atoms with van der Waals surface area (Å²) in [6.07, 6.45) is 18.3. The highest BCUT2D eigenvalue weighted by Crippen LogP contribution is 2.08. The molecule has 0 heterocycles. The monoisotopic (exact) mass is 311 g/mol. The van der Waals surface area contributed by atoms with Crippen LogP contribution in [0.2, 0.25) is 0 Å². The summed E-state index contributed by atoms with van der Waals surface area (Å²) < 4.78 is 5.14. The summed E-state index contributed by atoms with van der Waals surface area (Å²) in [5.41, 5.74) is -0.440. The minimum Gasteiger partial charge on any atom is -0.444 e. The Kier molecular flexibility index (Phi) is 12.7. The number of rotatable bonds is 11. The van der Waals surface area contributed by atoms with Gasteiger partial charge in [0.05, 0.1) is 0 Å². The van der Waals surface area contributed by atoms with Gasteiger partial charge in [0.25, 0.3) is 0 Å². The molecule has 0 aromatic rings. The Hall–Kier alpha value is -1.25. The van der Waals surface area contributed by atoms with Gasteiger partial charge in [-0.3, -0.25) is 0 Å². The van der Waals surface area contributed by atoms with Gasteiger partial charge in [0.1, 0.15) is 5.60 Å². The van der Waals surface area contributed by atoms with E-state index in [1.807, 2.05) is 39.0 Å². The number of ether oxygens (including phenoxy) is 1. The fourth-order valence-electron chi connectivity index (χ4n) is 2.00. The summed E-state index contributed by atoms with van der Waals surface area (Å²) in [5, 5.41) is 2.69. The van der Waals surface area contributed by atoms with Crippen molar-refractivity contribution in [2.45, 2.75) is 84.7 Å². The first-order valence-corrected chi connectivity index (χ1v) is 8.74. The van der Waals surface area contributed by atoms with Crippen LogP contribution in [0.3, 0.4) is 0 Å². The molecule has 22 heavy (non-hydrogen) atoms. The van der Waals surface area contributed by atoms with E-state index < -0.39 is 5.60 Å². The maximum absolute atomic E-state index is 11.4. The third kappa shape index (κ3) is 16.8. The number of carbonyl (C=O) groups is 1. The van der Waals surface area contributed by atoms with E-state index in [0.717, 1.165) is 6.42 Å². The molecule has 1 amide bonds. The number of unbranched alkanes of at least 4 members (excludes halogenated alkanes) is 7. The van der Waals surface area contributed by atoms with Crippen molar-refractivity contribution >= 4 is 6.09 Å². The highest BCUT2D eigenvalue weighted by atomic mass is 16.6. The van der Waals surface area contributed by atoms with E-state index in [2.05, 4.69) is 18.3 Å². The lowest BCUT2D eigenvalue weighted by Gasteiger charge is -2.19. The highest BCUT2D eigenvalue weighted by molar-refractivity contribution is 5.67. The molecular weight excluding hydrogens is 274 g/mol. The fraction of sp³-hybridized carbons (Fsp3) is 0.737. The first-order valence-electron chi connectivity index (χ1n) is 8.74. The zero-order chi connectivity index (χ0) is 16.7. The minimum absolute atomic E-state index is 0. The lowest BCUT2D eigenvalue weighted by Crippen LogP contribution is -2.32. The predicted molar refractivity (Wildman–Crippen MR) is 97.2 cm³/mol. The van der Waals surface area contributed by atoms with Crippen LogP contribution in [0, 0.1) is 0 Å². The zero-order valence-electron chi connectivity index (χ0n) is 15.0. The van der Waals surface area contributed by atoms with Gasteiger partial charge in [-0.2, -0.15) is 0 Å². The normalized spacial score (nSPS) is 12.2. The van der Waals surface area contributed by atoms with Gasteiger partial charge in [-0.15, -0.1) is 0 Å². The van der Waals surface area contributed by atoms with E-state index in [1.165, 1.54) is 44.9 Å². The third-order valence-electron chi connectivity index (χ3n) is 3.12. The molecule has 0 aliphatic rings. The number of carbonyl (C=O) groups excluding carboxylic acids is 1. The Morgan fingerprint density at radius 2 is 1.59 bits per heavy atom. The summed E-state index contributed by atoms with van der Waals surface area (Å²) in [7, 11) is 0. The Labute approximate surface area is 138 Å². The molecule has 1 N–H and O–H groups in total. The van der Waals surface area contributed by atoms with Crippen LogP contribution in [0.4, 0.5) is 4.79 Å². The van der Waals surface area contributed by atoms with Gasteiger partial charge < -0.3 is 10.1 Å². The van der Waals surface area contributed by atoms with Gasteiger partial charge in [-0.05, 0) is 33.6 Å². The topological polar surface area (TPSA) is 38.3 Å². The molecule has 0 radical (unpaired) electrons. The van der Waals surface area contributed by atoms with Crippen molar-refractivity contribution in [1.29, 1.82) is 0 Å². The maximum Gasteiger partial charge on any atom is 0.407 e. The van der Waals surface area contributed by atoms with Gasteiger partial charge in [0.2, 0.25) is 0 Å². The van der Waals surface area contributed by atoms with Gasteiger partial charge in [-0.25, -0.2) is 4.79 Å². The molecule has 0 bridgehead atoms. The molecule has 130 valence electrons. The van der Waals surface area contributed by atoms with Gasteiger partial charge >= 0.3 is 6.09 Å². The van der Waals surface area contributed by atoms with E-state index >= 15 is 0 Å².